The van der Waals surface area contributed by atoms with Gasteiger partial charge in [-0.1, -0.05) is 48.0 Å². The zero-order valence-electron chi connectivity index (χ0n) is 16.4. The van der Waals surface area contributed by atoms with Gasteiger partial charge in [-0.3, -0.25) is 9.59 Å². The second kappa shape index (κ2) is 11.2. The van der Waals surface area contributed by atoms with Gasteiger partial charge in [0.05, 0.1) is 19.6 Å². The van der Waals surface area contributed by atoms with Crippen molar-refractivity contribution in [1.29, 1.82) is 0 Å². The largest absolute Gasteiger partial charge is 0.466 e. The van der Waals surface area contributed by atoms with E-state index in [2.05, 4.69) is 5.32 Å². The Hall–Kier alpha value is -2.86. The molecule has 1 atom stereocenters. The number of hydrogen-bond donors (Lipinski definition) is 1. The van der Waals surface area contributed by atoms with Gasteiger partial charge in [-0.2, -0.15) is 0 Å². The molecule has 0 saturated heterocycles. The summed E-state index contributed by atoms with van der Waals surface area (Å²) < 4.78 is 9.67. The maximum Gasteiger partial charge on any atom is 0.396 e. The number of carbonyl (C=O) groups excluding carboxylic acids is 3. The summed E-state index contributed by atoms with van der Waals surface area (Å²) in [5, 5.41) is 3.22. The first kappa shape index (κ1) is 22.4. The summed E-state index contributed by atoms with van der Waals surface area (Å²) in [6.45, 7) is 3.66. The van der Waals surface area contributed by atoms with Crippen LogP contribution in [0.5, 0.6) is 0 Å². The number of halogens is 1. The summed E-state index contributed by atoms with van der Waals surface area (Å²) in [5.74, 6) is -2.30. The first-order valence-corrected chi connectivity index (χ1v) is 9.78. The van der Waals surface area contributed by atoms with Crippen LogP contribution in [0.3, 0.4) is 0 Å². The Labute approximate surface area is 175 Å². The molecule has 7 heteroatoms. The molecule has 0 aliphatic carbocycles. The average molecular weight is 418 g/mol. The molecule has 0 aliphatic heterocycles. The highest BCUT2D eigenvalue weighted by molar-refractivity contribution is 6.32. The van der Waals surface area contributed by atoms with Crippen molar-refractivity contribution in [1.82, 2.24) is 5.32 Å². The monoisotopic (exact) mass is 417 g/mol. The number of benzene rings is 2. The number of carbonyl (C=O) groups is 3. The van der Waals surface area contributed by atoms with Crippen LogP contribution >= 0.6 is 11.6 Å². The lowest BCUT2D eigenvalue weighted by atomic mass is 9.99. The molecule has 2 aromatic carbocycles. The first-order valence-electron chi connectivity index (χ1n) is 9.41. The Balaban J connectivity index is 2.11. The summed E-state index contributed by atoms with van der Waals surface area (Å²) in [6.07, 6.45) is 0.314. The standard InChI is InChI=1S/C22H24ClNO5/c1-3-28-20(25)14-19(24-21(26)22(27)29-4-2)12-15-8-10-16(11-9-15)17-6-5-7-18(23)13-17/h5-11,13,19H,3-4,12,14H2,1-2H3,(H,24,26)/t19-/m1/s1. The van der Waals surface area contributed by atoms with Gasteiger partial charge in [0, 0.05) is 11.1 Å². The molecule has 0 aliphatic rings. The minimum atomic E-state index is -0.974. The molecule has 0 unspecified atom stereocenters. The Morgan fingerprint density at radius 1 is 0.966 bits per heavy atom. The fraction of sp³-hybridized carbons (Fsp3) is 0.318. The van der Waals surface area contributed by atoms with E-state index in [1.807, 2.05) is 48.5 Å². The summed E-state index contributed by atoms with van der Waals surface area (Å²) in [7, 11) is 0. The molecule has 2 aromatic rings. The smallest absolute Gasteiger partial charge is 0.396 e. The lowest BCUT2D eigenvalue weighted by molar-refractivity contribution is -0.155. The van der Waals surface area contributed by atoms with Gasteiger partial charge in [-0.05, 0) is 49.1 Å². The van der Waals surface area contributed by atoms with Crippen LogP contribution < -0.4 is 5.32 Å². The van der Waals surface area contributed by atoms with Crippen molar-refractivity contribution in [2.75, 3.05) is 13.2 Å². The van der Waals surface area contributed by atoms with Gasteiger partial charge < -0.3 is 14.8 Å². The Morgan fingerprint density at radius 2 is 1.66 bits per heavy atom. The maximum atomic E-state index is 12.0. The van der Waals surface area contributed by atoms with Gasteiger partial charge in [0.1, 0.15) is 0 Å². The predicted molar refractivity (Wildman–Crippen MR) is 110 cm³/mol. The highest BCUT2D eigenvalue weighted by Crippen LogP contribution is 2.23. The predicted octanol–water partition coefficient (Wildman–Crippen LogP) is 3.55. The molecule has 154 valence electrons. The second-order valence-electron chi connectivity index (χ2n) is 6.31. The zero-order chi connectivity index (χ0) is 21.2. The van der Waals surface area contributed by atoms with E-state index in [4.69, 9.17) is 21.1 Å². The molecule has 1 N–H and O–H groups in total. The number of hydrogen-bond acceptors (Lipinski definition) is 5. The van der Waals surface area contributed by atoms with E-state index in [9.17, 15) is 14.4 Å². The molecule has 2 rings (SSSR count). The highest BCUT2D eigenvalue weighted by atomic mass is 35.5. The van der Waals surface area contributed by atoms with Crippen LogP contribution in [0, 0.1) is 0 Å². The number of esters is 2. The Morgan fingerprint density at radius 3 is 2.28 bits per heavy atom. The van der Waals surface area contributed by atoms with Gasteiger partial charge >= 0.3 is 17.8 Å². The lowest BCUT2D eigenvalue weighted by Gasteiger charge is -2.18. The molecular formula is C22H24ClNO5. The third kappa shape index (κ3) is 7.23. The number of amides is 1. The maximum absolute atomic E-state index is 12.0. The van der Waals surface area contributed by atoms with E-state index in [1.54, 1.807) is 13.8 Å². The minimum absolute atomic E-state index is 0.0466. The number of rotatable bonds is 8. The normalized spacial score (nSPS) is 11.4. The van der Waals surface area contributed by atoms with Crippen LogP contribution in [0.1, 0.15) is 25.8 Å². The van der Waals surface area contributed by atoms with Gasteiger partial charge in [0.25, 0.3) is 0 Å². The van der Waals surface area contributed by atoms with Crippen molar-refractivity contribution in [3.63, 3.8) is 0 Å². The van der Waals surface area contributed by atoms with Crippen LogP contribution in [0.2, 0.25) is 5.02 Å². The van der Waals surface area contributed by atoms with Crippen LogP contribution in [-0.2, 0) is 30.3 Å². The van der Waals surface area contributed by atoms with E-state index in [1.165, 1.54) is 0 Å². The summed E-state index contributed by atoms with van der Waals surface area (Å²) in [4.78, 5) is 35.5. The second-order valence-corrected chi connectivity index (χ2v) is 6.75. The van der Waals surface area contributed by atoms with Gasteiger partial charge in [-0.15, -0.1) is 0 Å². The molecule has 0 spiro atoms. The fourth-order valence-electron chi connectivity index (χ4n) is 2.82. The van der Waals surface area contributed by atoms with E-state index in [0.717, 1.165) is 16.7 Å². The van der Waals surface area contributed by atoms with E-state index < -0.39 is 23.9 Å². The minimum Gasteiger partial charge on any atom is -0.466 e. The summed E-state index contributed by atoms with van der Waals surface area (Å²) in [5.41, 5.74) is 2.88. The molecule has 6 nitrogen and oxygen atoms in total. The van der Waals surface area contributed by atoms with Crippen molar-refractivity contribution >= 4 is 29.4 Å². The van der Waals surface area contributed by atoms with E-state index in [-0.39, 0.29) is 19.6 Å². The zero-order valence-corrected chi connectivity index (χ0v) is 17.2. The molecule has 0 saturated carbocycles. The fourth-order valence-corrected chi connectivity index (χ4v) is 3.01. The molecular weight excluding hydrogens is 394 g/mol. The number of ether oxygens (including phenoxy) is 2. The van der Waals surface area contributed by atoms with Crippen LogP contribution in [0.15, 0.2) is 48.5 Å². The van der Waals surface area contributed by atoms with Crippen molar-refractivity contribution in [2.24, 2.45) is 0 Å². The van der Waals surface area contributed by atoms with Gasteiger partial charge in [-0.25, -0.2) is 4.79 Å². The number of nitrogens with one attached hydrogen (secondary N) is 1. The first-order chi connectivity index (χ1) is 13.9. The summed E-state index contributed by atoms with van der Waals surface area (Å²) in [6, 6.07) is 14.6. The lowest BCUT2D eigenvalue weighted by Crippen LogP contribution is -2.42. The topological polar surface area (TPSA) is 81.7 Å². The Kier molecular flexibility index (Phi) is 8.68. The molecule has 0 fully saturated rings. The molecule has 0 radical (unpaired) electrons. The van der Waals surface area contributed by atoms with Crippen LogP contribution in [-0.4, -0.2) is 37.1 Å². The van der Waals surface area contributed by atoms with E-state index >= 15 is 0 Å². The summed E-state index contributed by atoms with van der Waals surface area (Å²) >= 11 is 6.04. The van der Waals surface area contributed by atoms with Crippen molar-refractivity contribution in [3.05, 3.63) is 59.1 Å². The highest BCUT2D eigenvalue weighted by Gasteiger charge is 2.22. The quantitative estimate of drug-likeness (QED) is 0.524. The third-order valence-corrected chi connectivity index (χ3v) is 4.34. The van der Waals surface area contributed by atoms with E-state index in [0.29, 0.717) is 11.4 Å². The van der Waals surface area contributed by atoms with Gasteiger partial charge in [0.15, 0.2) is 0 Å². The molecule has 1 amide bonds. The average Bonchev–Trinajstić information content (AvgIpc) is 2.68. The van der Waals surface area contributed by atoms with Gasteiger partial charge in [0.2, 0.25) is 0 Å². The van der Waals surface area contributed by atoms with Crippen molar-refractivity contribution < 1.29 is 23.9 Å². The van der Waals surface area contributed by atoms with Crippen molar-refractivity contribution in [2.45, 2.75) is 32.7 Å². The Bertz CT molecular complexity index is 851. The molecule has 0 bridgehead atoms. The van der Waals surface area contributed by atoms with Crippen LogP contribution in [0.25, 0.3) is 11.1 Å². The van der Waals surface area contributed by atoms with Crippen molar-refractivity contribution in [3.8, 4) is 11.1 Å². The molecule has 0 aromatic heterocycles. The van der Waals surface area contributed by atoms with Crippen LogP contribution in [0.4, 0.5) is 0 Å². The SMILES string of the molecule is CCOC(=O)C[C@@H](Cc1ccc(-c2cccc(Cl)c2)cc1)NC(=O)C(=O)OCC. The molecule has 0 heterocycles. The molecule has 29 heavy (non-hydrogen) atoms. The third-order valence-electron chi connectivity index (χ3n) is 4.11.